The van der Waals surface area contributed by atoms with E-state index in [4.69, 9.17) is 4.52 Å². The highest BCUT2D eigenvalue weighted by atomic mass is 16.5. The van der Waals surface area contributed by atoms with Gasteiger partial charge in [0.15, 0.2) is 5.82 Å². The Morgan fingerprint density at radius 1 is 1.53 bits per heavy atom. The Hall–Kier alpha value is -0.900. The van der Waals surface area contributed by atoms with Crippen molar-refractivity contribution < 1.29 is 9.63 Å². The summed E-state index contributed by atoms with van der Waals surface area (Å²) in [4.78, 5) is 4.33. The molecule has 17 heavy (non-hydrogen) atoms. The van der Waals surface area contributed by atoms with Crippen LogP contribution in [0, 0.1) is 5.92 Å². The number of hydrogen-bond acceptors (Lipinski definition) is 4. The van der Waals surface area contributed by atoms with Gasteiger partial charge < -0.3 is 9.63 Å². The Balaban J connectivity index is 1.98. The minimum atomic E-state index is -0.631. The third-order valence-electron chi connectivity index (χ3n) is 3.53. The molecule has 2 atom stereocenters. The maximum atomic E-state index is 10.5. The lowest BCUT2D eigenvalue weighted by Crippen LogP contribution is -2.36. The lowest BCUT2D eigenvalue weighted by Gasteiger charge is -2.34. The fourth-order valence-corrected chi connectivity index (χ4v) is 2.76. The molecule has 4 heteroatoms. The van der Waals surface area contributed by atoms with Gasteiger partial charge in [-0.3, -0.25) is 0 Å². The number of hydrogen-bond donors (Lipinski definition) is 1. The Labute approximate surface area is 102 Å². The molecule has 1 aliphatic carbocycles. The Bertz CT molecular complexity index is 364. The second-order valence-corrected chi connectivity index (χ2v) is 5.46. The van der Waals surface area contributed by atoms with Crippen LogP contribution in [0.4, 0.5) is 0 Å². The van der Waals surface area contributed by atoms with E-state index in [2.05, 4.69) is 24.0 Å². The summed E-state index contributed by atoms with van der Waals surface area (Å²) >= 11 is 0. The highest BCUT2D eigenvalue weighted by Crippen LogP contribution is 2.34. The molecule has 0 amide bonds. The zero-order chi connectivity index (χ0) is 12.3. The summed E-state index contributed by atoms with van der Waals surface area (Å²) in [6, 6.07) is 0. The average Bonchev–Trinajstić information content (AvgIpc) is 2.64. The van der Waals surface area contributed by atoms with Crippen molar-refractivity contribution in [1.29, 1.82) is 0 Å². The first-order chi connectivity index (χ1) is 8.11. The normalized spacial score (nSPS) is 29.5. The van der Waals surface area contributed by atoms with Crippen LogP contribution in [-0.2, 0) is 12.8 Å². The van der Waals surface area contributed by atoms with E-state index < -0.39 is 5.60 Å². The van der Waals surface area contributed by atoms with Crippen LogP contribution in [-0.4, -0.2) is 20.8 Å². The molecule has 1 saturated carbocycles. The minimum Gasteiger partial charge on any atom is -0.389 e. The molecule has 4 nitrogen and oxygen atoms in total. The Morgan fingerprint density at radius 2 is 2.35 bits per heavy atom. The van der Waals surface area contributed by atoms with Crippen LogP contribution >= 0.6 is 0 Å². The van der Waals surface area contributed by atoms with Gasteiger partial charge in [-0.15, -0.1) is 0 Å². The number of aromatic nitrogens is 2. The topological polar surface area (TPSA) is 59.2 Å². The molecule has 0 spiro atoms. The van der Waals surface area contributed by atoms with Gasteiger partial charge in [0.05, 0.1) is 12.0 Å². The Morgan fingerprint density at radius 3 is 3.06 bits per heavy atom. The third kappa shape index (κ3) is 3.28. The van der Waals surface area contributed by atoms with Crippen LogP contribution in [0.15, 0.2) is 4.52 Å². The van der Waals surface area contributed by atoms with E-state index in [1.807, 2.05) is 0 Å². The fourth-order valence-electron chi connectivity index (χ4n) is 2.76. The zero-order valence-corrected chi connectivity index (χ0v) is 10.8. The van der Waals surface area contributed by atoms with Crippen molar-refractivity contribution in [2.45, 2.75) is 64.4 Å². The molecule has 2 unspecified atom stereocenters. The van der Waals surface area contributed by atoms with Crippen LogP contribution in [0.3, 0.4) is 0 Å². The molecule has 1 aromatic rings. The lowest BCUT2D eigenvalue weighted by atomic mass is 9.77. The van der Waals surface area contributed by atoms with Crippen molar-refractivity contribution in [1.82, 2.24) is 10.1 Å². The quantitative estimate of drug-likeness (QED) is 0.875. The molecule has 0 aromatic carbocycles. The van der Waals surface area contributed by atoms with E-state index in [0.29, 0.717) is 18.2 Å². The number of aliphatic hydroxyl groups is 1. The Kier molecular flexibility index (Phi) is 3.82. The van der Waals surface area contributed by atoms with E-state index >= 15 is 0 Å². The summed E-state index contributed by atoms with van der Waals surface area (Å²) in [5.41, 5.74) is -0.631. The molecule has 1 aliphatic rings. The summed E-state index contributed by atoms with van der Waals surface area (Å²) in [6.45, 7) is 4.28. The molecule has 1 fully saturated rings. The summed E-state index contributed by atoms with van der Waals surface area (Å²) in [5, 5.41) is 14.4. The van der Waals surface area contributed by atoms with E-state index in [-0.39, 0.29) is 0 Å². The largest absolute Gasteiger partial charge is 0.389 e. The first kappa shape index (κ1) is 12.6. The predicted octanol–water partition coefficient (Wildman–Crippen LogP) is 2.51. The van der Waals surface area contributed by atoms with E-state index in [0.717, 1.165) is 37.9 Å². The average molecular weight is 238 g/mol. The second-order valence-electron chi connectivity index (χ2n) is 5.46. The van der Waals surface area contributed by atoms with Crippen molar-refractivity contribution in [3.63, 3.8) is 0 Å². The summed E-state index contributed by atoms with van der Waals surface area (Å²) in [6.07, 6.45) is 6.37. The summed E-state index contributed by atoms with van der Waals surface area (Å²) in [7, 11) is 0. The van der Waals surface area contributed by atoms with Gasteiger partial charge in [-0.05, 0) is 25.2 Å². The summed E-state index contributed by atoms with van der Waals surface area (Å²) < 4.78 is 5.20. The molecule has 96 valence electrons. The first-order valence-corrected chi connectivity index (χ1v) is 6.65. The summed E-state index contributed by atoms with van der Waals surface area (Å²) in [5.74, 6) is 1.94. The molecule has 1 heterocycles. The maximum Gasteiger partial charge on any atom is 0.229 e. The molecule has 0 bridgehead atoms. The number of nitrogens with zero attached hydrogens (tertiary/aromatic N) is 2. The molecular formula is C13H22N2O2. The monoisotopic (exact) mass is 238 g/mol. The van der Waals surface area contributed by atoms with Crippen LogP contribution in [0.2, 0.25) is 0 Å². The van der Waals surface area contributed by atoms with Gasteiger partial charge >= 0.3 is 0 Å². The molecule has 2 rings (SSSR count). The highest BCUT2D eigenvalue weighted by molar-refractivity contribution is 4.95. The predicted molar refractivity (Wildman–Crippen MR) is 64.6 cm³/mol. The van der Waals surface area contributed by atoms with Gasteiger partial charge in [-0.1, -0.05) is 31.8 Å². The number of aryl methyl sites for hydroxylation is 1. The highest BCUT2D eigenvalue weighted by Gasteiger charge is 2.34. The van der Waals surface area contributed by atoms with Crippen LogP contribution in [0.1, 0.15) is 57.7 Å². The van der Waals surface area contributed by atoms with Crippen molar-refractivity contribution in [3.05, 3.63) is 11.7 Å². The third-order valence-corrected chi connectivity index (χ3v) is 3.53. The SMILES string of the molecule is CCCc1noc(CC2(O)CCCC(C)C2)n1. The standard InChI is InChI=1S/C13H22N2O2/c1-3-5-11-14-12(17-15-11)9-13(16)7-4-6-10(2)8-13/h10,16H,3-9H2,1-2H3. The molecular weight excluding hydrogens is 216 g/mol. The van der Waals surface area contributed by atoms with Gasteiger partial charge in [0, 0.05) is 6.42 Å². The van der Waals surface area contributed by atoms with Crippen LogP contribution in [0.25, 0.3) is 0 Å². The van der Waals surface area contributed by atoms with E-state index in [1.54, 1.807) is 0 Å². The van der Waals surface area contributed by atoms with Crippen molar-refractivity contribution >= 4 is 0 Å². The van der Waals surface area contributed by atoms with Crippen LogP contribution < -0.4 is 0 Å². The molecule has 1 N–H and O–H groups in total. The zero-order valence-electron chi connectivity index (χ0n) is 10.8. The first-order valence-electron chi connectivity index (χ1n) is 6.65. The second kappa shape index (κ2) is 5.17. The fraction of sp³-hybridized carbons (Fsp3) is 0.846. The minimum absolute atomic E-state index is 0.508. The molecule has 0 aliphatic heterocycles. The van der Waals surface area contributed by atoms with Gasteiger partial charge in [0.1, 0.15) is 0 Å². The van der Waals surface area contributed by atoms with E-state index in [9.17, 15) is 5.11 Å². The number of rotatable bonds is 4. The molecule has 0 radical (unpaired) electrons. The van der Waals surface area contributed by atoms with Crippen molar-refractivity contribution in [3.8, 4) is 0 Å². The smallest absolute Gasteiger partial charge is 0.229 e. The maximum absolute atomic E-state index is 10.5. The molecule has 1 aromatic heterocycles. The van der Waals surface area contributed by atoms with Gasteiger partial charge in [-0.2, -0.15) is 4.98 Å². The lowest BCUT2D eigenvalue weighted by molar-refractivity contribution is -0.0180. The molecule has 0 saturated heterocycles. The van der Waals surface area contributed by atoms with Crippen LogP contribution in [0.5, 0.6) is 0 Å². The van der Waals surface area contributed by atoms with E-state index in [1.165, 1.54) is 6.42 Å². The van der Waals surface area contributed by atoms with Gasteiger partial charge in [0.2, 0.25) is 5.89 Å². The van der Waals surface area contributed by atoms with Gasteiger partial charge in [0.25, 0.3) is 0 Å². The van der Waals surface area contributed by atoms with Gasteiger partial charge in [-0.25, -0.2) is 0 Å². The van der Waals surface area contributed by atoms with Crippen molar-refractivity contribution in [2.24, 2.45) is 5.92 Å². The van der Waals surface area contributed by atoms with Crippen molar-refractivity contribution in [2.75, 3.05) is 0 Å².